The Balaban J connectivity index is 1.75. The third-order valence-corrected chi connectivity index (χ3v) is 3.04. The first kappa shape index (κ1) is 13.0. The van der Waals surface area contributed by atoms with Gasteiger partial charge in [0.15, 0.2) is 0 Å². The maximum absolute atomic E-state index is 12.1. The number of hydrogen-bond acceptors (Lipinski definition) is 4. The Kier molecular flexibility index (Phi) is 3.46. The number of hydrogen-bond donors (Lipinski definition) is 2. The number of carbonyl (C=O) groups excluding carboxylic acids is 2. The van der Waals surface area contributed by atoms with E-state index in [1.165, 1.54) is 0 Å². The fraction of sp³-hybridized carbons (Fsp3) is 0.143. The fourth-order valence-corrected chi connectivity index (χ4v) is 1.99. The van der Waals surface area contributed by atoms with Crippen molar-refractivity contribution in [2.24, 2.45) is 5.10 Å². The minimum atomic E-state index is -0.312. The Labute approximate surface area is 120 Å². The molecule has 0 saturated carbocycles. The summed E-state index contributed by atoms with van der Waals surface area (Å²) in [6.07, 6.45) is 4.13. The molecular weight excluding hydrogens is 270 g/mol. The molecule has 7 nitrogen and oxygen atoms in total. The molecule has 1 aliphatic heterocycles. The Hall–Kier alpha value is -2.96. The van der Waals surface area contributed by atoms with E-state index in [9.17, 15) is 9.59 Å². The number of hydrazone groups is 1. The summed E-state index contributed by atoms with van der Waals surface area (Å²) in [6.45, 7) is 0. The molecule has 0 aliphatic carbocycles. The van der Waals surface area contributed by atoms with Crippen LogP contribution in [0, 0.1) is 0 Å². The molecule has 1 aromatic heterocycles. The van der Waals surface area contributed by atoms with E-state index < -0.39 is 0 Å². The molecule has 0 radical (unpaired) electrons. The van der Waals surface area contributed by atoms with E-state index in [1.54, 1.807) is 16.9 Å². The lowest BCUT2D eigenvalue weighted by atomic mass is 10.1. The topological polar surface area (TPSA) is 88.4 Å². The maximum Gasteiger partial charge on any atom is 0.271 e. The van der Waals surface area contributed by atoms with Crippen LogP contribution in [0.15, 0.2) is 47.8 Å². The Bertz CT molecular complexity index is 706. The van der Waals surface area contributed by atoms with Crippen LogP contribution in [0.3, 0.4) is 0 Å². The zero-order chi connectivity index (χ0) is 14.7. The average Bonchev–Trinajstić information content (AvgIpc) is 3.02. The molecular formula is C14H13N5O2. The summed E-state index contributed by atoms with van der Waals surface area (Å²) in [7, 11) is 0. The first-order valence-corrected chi connectivity index (χ1v) is 6.49. The minimum absolute atomic E-state index is 0.174. The van der Waals surface area contributed by atoms with E-state index >= 15 is 0 Å². The summed E-state index contributed by atoms with van der Waals surface area (Å²) in [6, 6.07) is 9.14. The number of nitrogens with zero attached hydrogens (tertiary/aromatic N) is 3. The van der Waals surface area contributed by atoms with E-state index in [2.05, 4.69) is 20.9 Å². The van der Waals surface area contributed by atoms with E-state index in [1.807, 2.05) is 30.5 Å². The number of nitrogens with one attached hydrogen (secondary N) is 2. The summed E-state index contributed by atoms with van der Waals surface area (Å²) < 4.78 is 1.70. The summed E-state index contributed by atoms with van der Waals surface area (Å²) in [5, 5.41) is 10.7. The largest absolute Gasteiger partial charge is 0.321 e. The molecule has 106 valence electrons. The molecule has 3 rings (SSSR count). The highest BCUT2D eigenvalue weighted by Gasteiger charge is 2.18. The average molecular weight is 283 g/mol. The predicted molar refractivity (Wildman–Crippen MR) is 77.0 cm³/mol. The van der Waals surface area contributed by atoms with Crippen molar-refractivity contribution in [3.05, 3.63) is 42.7 Å². The Morgan fingerprint density at radius 3 is 2.90 bits per heavy atom. The number of benzene rings is 1. The highest BCUT2D eigenvalue weighted by molar-refractivity contribution is 6.43. The molecule has 0 unspecified atom stereocenters. The lowest BCUT2D eigenvalue weighted by Gasteiger charge is -2.12. The van der Waals surface area contributed by atoms with Crippen LogP contribution in [0.2, 0.25) is 0 Å². The molecule has 7 heteroatoms. The van der Waals surface area contributed by atoms with Gasteiger partial charge in [-0.3, -0.25) is 9.59 Å². The van der Waals surface area contributed by atoms with Gasteiger partial charge in [-0.1, -0.05) is 6.07 Å². The van der Waals surface area contributed by atoms with E-state index in [0.717, 1.165) is 5.69 Å². The van der Waals surface area contributed by atoms with Crippen molar-refractivity contribution in [2.45, 2.75) is 12.8 Å². The highest BCUT2D eigenvalue weighted by Crippen LogP contribution is 2.14. The molecule has 21 heavy (non-hydrogen) atoms. The molecule has 0 bridgehead atoms. The molecule has 2 N–H and O–H groups in total. The zero-order valence-corrected chi connectivity index (χ0v) is 11.1. The van der Waals surface area contributed by atoms with Crippen LogP contribution in [-0.2, 0) is 9.59 Å². The SMILES string of the molecule is O=C1CCC(C(=O)Nc2cccc(-n3cccn3)c2)=NN1. The van der Waals surface area contributed by atoms with Gasteiger partial charge >= 0.3 is 0 Å². The van der Waals surface area contributed by atoms with Gasteiger partial charge in [-0.15, -0.1) is 0 Å². The van der Waals surface area contributed by atoms with Crippen molar-refractivity contribution in [1.82, 2.24) is 15.2 Å². The first-order chi connectivity index (χ1) is 10.2. The molecule has 0 fully saturated rings. The number of aromatic nitrogens is 2. The van der Waals surface area contributed by atoms with E-state index in [-0.39, 0.29) is 18.2 Å². The van der Waals surface area contributed by atoms with Crippen molar-refractivity contribution in [3.63, 3.8) is 0 Å². The van der Waals surface area contributed by atoms with Gasteiger partial charge in [-0.05, 0) is 24.3 Å². The molecule has 2 aromatic rings. The highest BCUT2D eigenvalue weighted by atomic mass is 16.2. The van der Waals surface area contributed by atoms with Gasteiger partial charge in [0.25, 0.3) is 5.91 Å². The van der Waals surface area contributed by atoms with Gasteiger partial charge in [-0.2, -0.15) is 10.2 Å². The van der Waals surface area contributed by atoms with Gasteiger partial charge in [0, 0.05) is 30.9 Å². The van der Waals surface area contributed by atoms with E-state index in [4.69, 9.17) is 0 Å². The Morgan fingerprint density at radius 2 is 2.19 bits per heavy atom. The first-order valence-electron chi connectivity index (χ1n) is 6.49. The van der Waals surface area contributed by atoms with Gasteiger partial charge in [0.1, 0.15) is 5.71 Å². The second kappa shape index (κ2) is 5.58. The van der Waals surface area contributed by atoms with Crippen molar-refractivity contribution in [1.29, 1.82) is 0 Å². The smallest absolute Gasteiger partial charge is 0.271 e. The monoisotopic (exact) mass is 283 g/mol. The van der Waals surface area contributed by atoms with Crippen LogP contribution < -0.4 is 10.7 Å². The molecule has 1 aliphatic rings. The quantitative estimate of drug-likeness (QED) is 0.883. The normalized spacial score (nSPS) is 14.3. The van der Waals surface area contributed by atoms with Crippen LogP contribution >= 0.6 is 0 Å². The van der Waals surface area contributed by atoms with Crippen molar-refractivity contribution in [3.8, 4) is 5.69 Å². The summed E-state index contributed by atoms with van der Waals surface area (Å²) in [5.41, 5.74) is 4.12. The standard InChI is InChI=1S/C14H13N5O2/c20-13-6-5-12(17-18-13)14(21)16-10-3-1-4-11(9-10)19-8-2-7-15-19/h1-4,7-9H,5-6H2,(H,16,21)(H,18,20). The van der Waals surface area contributed by atoms with Gasteiger partial charge in [0.05, 0.1) is 5.69 Å². The second-order valence-electron chi connectivity index (χ2n) is 4.55. The lowest BCUT2D eigenvalue weighted by Crippen LogP contribution is -2.32. The number of rotatable bonds is 3. The molecule has 0 spiro atoms. The third-order valence-electron chi connectivity index (χ3n) is 3.04. The van der Waals surface area contributed by atoms with Crippen molar-refractivity contribution in [2.75, 3.05) is 5.32 Å². The van der Waals surface area contributed by atoms with Crippen LogP contribution in [0.1, 0.15) is 12.8 Å². The van der Waals surface area contributed by atoms with Gasteiger partial charge < -0.3 is 5.32 Å². The van der Waals surface area contributed by atoms with Gasteiger partial charge in [-0.25, -0.2) is 10.1 Å². The zero-order valence-electron chi connectivity index (χ0n) is 11.1. The molecule has 0 atom stereocenters. The third kappa shape index (κ3) is 2.97. The number of amides is 2. The number of anilines is 1. The Morgan fingerprint density at radius 1 is 1.29 bits per heavy atom. The molecule has 2 heterocycles. The molecule has 2 amide bonds. The minimum Gasteiger partial charge on any atom is -0.321 e. The molecule has 1 aromatic carbocycles. The molecule has 0 saturated heterocycles. The lowest BCUT2D eigenvalue weighted by molar-refractivity contribution is -0.121. The van der Waals surface area contributed by atoms with E-state index in [0.29, 0.717) is 17.8 Å². The van der Waals surface area contributed by atoms with Crippen LogP contribution in [0.4, 0.5) is 5.69 Å². The summed E-state index contributed by atoms with van der Waals surface area (Å²) in [5.74, 6) is -0.486. The van der Waals surface area contributed by atoms with Crippen molar-refractivity contribution < 1.29 is 9.59 Å². The summed E-state index contributed by atoms with van der Waals surface area (Å²) >= 11 is 0. The predicted octanol–water partition coefficient (Wildman–Crippen LogP) is 1.08. The fourth-order valence-electron chi connectivity index (χ4n) is 1.99. The van der Waals surface area contributed by atoms with Crippen LogP contribution in [0.25, 0.3) is 5.69 Å². The van der Waals surface area contributed by atoms with Crippen LogP contribution in [0.5, 0.6) is 0 Å². The van der Waals surface area contributed by atoms with Gasteiger partial charge in [0.2, 0.25) is 5.91 Å². The number of carbonyl (C=O) groups is 2. The second-order valence-corrected chi connectivity index (χ2v) is 4.55. The maximum atomic E-state index is 12.1. The van der Waals surface area contributed by atoms with Crippen LogP contribution in [-0.4, -0.2) is 27.3 Å². The summed E-state index contributed by atoms with van der Waals surface area (Å²) in [4.78, 5) is 23.1. The van der Waals surface area contributed by atoms with Crippen molar-refractivity contribution >= 4 is 23.2 Å².